The number of carbonyl (C=O) groups is 1. The van der Waals surface area contributed by atoms with Crippen LogP contribution in [0.4, 0.5) is 11.5 Å². The molecule has 1 fully saturated rings. The smallest absolute Gasteiger partial charge is 0.332 e. The van der Waals surface area contributed by atoms with Crippen LogP contribution in [0.2, 0.25) is 0 Å². The number of rotatable bonds is 3. The molecule has 0 atom stereocenters. The van der Waals surface area contributed by atoms with E-state index in [1.165, 1.54) is 17.7 Å². The van der Waals surface area contributed by atoms with E-state index in [4.69, 9.17) is 0 Å². The van der Waals surface area contributed by atoms with E-state index in [-0.39, 0.29) is 17.2 Å². The summed E-state index contributed by atoms with van der Waals surface area (Å²) in [5.74, 6) is 0.600. The molecular weight excluding hydrogens is 358 g/mol. The number of benzene rings is 1. The Balaban J connectivity index is 1.76. The van der Waals surface area contributed by atoms with Gasteiger partial charge in [-0.15, -0.1) is 0 Å². The van der Waals surface area contributed by atoms with Crippen molar-refractivity contribution in [3.8, 4) is 0 Å². The van der Waals surface area contributed by atoms with E-state index in [2.05, 4.69) is 0 Å². The number of anilines is 2. The molecule has 0 bridgehead atoms. The lowest BCUT2D eigenvalue weighted by atomic mass is 10.1. The largest absolute Gasteiger partial charge is 0.378 e. The normalized spacial score (nSPS) is 14.7. The molecule has 1 saturated heterocycles. The van der Waals surface area contributed by atoms with Crippen molar-refractivity contribution >= 4 is 17.4 Å². The fourth-order valence-electron chi connectivity index (χ4n) is 3.46. The number of amides is 1. The molecule has 0 saturated carbocycles. The molecule has 0 spiro atoms. The first-order valence-corrected chi connectivity index (χ1v) is 9.38. The standard InChI is InChI=1S/C20H27N5O3/c1-21(2)16-8-6-15(7-9-16)19(27)25-11-5-10-24(12-13-25)17-14-18(26)23(4)20(28)22(17)3/h6-9,14H,5,10-13H2,1-4H3. The quantitative estimate of drug-likeness (QED) is 0.770. The van der Waals surface area contributed by atoms with Gasteiger partial charge in [-0.25, -0.2) is 4.79 Å². The highest BCUT2D eigenvalue weighted by Gasteiger charge is 2.22. The second kappa shape index (κ2) is 7.92. The van der Waals surface area contributed by atoms with Crippen LogP contribution in [0.1, 0.15) is 16.8 Å². The lowest BCUT2D eigenvalue weighted by molar-refractivity contribution is 0.0767. The molecule has 3 rings (SSSR count). The SMILES string of the molecule is CN(C)c1ccc(C(=O)N2CCCN(c3cc(=O)n(C)c(=O)n3C)CC2)cc1. The Morgan fingerprint density at radius 2 is 1.61 bits per heavy atom. The van der Waals surface area contributed by atoms with Crippen LogP contribution in [0.15, 0.2) is 39.9 Å². The average Bonchev–Trinajstić information content (AvgIpc) is 2.94. The van der Waals surface area contributed by atoms with Crippen LogP contribution >= 0.6 is 0 Å². The van der Waals surface area contributed by atoms with Gasteiger partial charge in [-0.2, -0.15) is 0 Å². The molecule has 1 aliphatic rings. The van der Waals surface area contributed by atoms with E-state index >= 15 is 0 Å². The predicted octanol–water partition coefficient (Wildman–Crippen LogP) is 0.503. The summed E-state index contributed by atoms with van der Waals surface area (Å²) >= 11 is 0. The third-order valence-electron chi connectivity index (χ3n) is 5.24. The van der Waals surface area contributed by atoms with E-state index in [1.54, 1.807) is 7.05 Å². The van der Waals surface area contributed by atoms with Crippen molar-refractivity contribution < 1.29 is 4.79 Å². The minimum Gasteiger partial charge on any atom is -0.378 e. The number of aromatic nitrogens is 2. The van der Waals surface area contributed by atoms with E-state index in [9.17, 15) is 14.4 Å². The fourth-order valence-corrected chi connectivity index (χ4v) is 3.46. The van der Waals surface area contributed by atoms with Gasteiger partial charge in [-0.3, -0.25) is 18.7 Å². The van der Waals surface area contributed by atoms with Crippen molar-refractivity contribution in [2.75, 3.05) is 50.1 Å². The maximum absolute atomic E-state index is 12.9. The molecule has 8 heteroatoms. The average molecular weight is 385 g/mol. The first-order chi connectivity index (χ1) is 13.3. The van der Waals surface area contributed by atoms with Crippen LogP contribution in [-0.2, 0) is 14.1 Å². The number of hydrogen-bond acceptors (Lipinski definition) is 5. The molecule has 1 amide bonds. The molecule has 1 aliphatic heterocycles. The van der Waals surface area contributed by atoms with Crippen molar-refractivity contribution in [3.63, 3.8) is 0 Å². The Morgan fingerprint density at radius 1 is 0.929 bits per heavy atom. The van der Waals surface area contributed by atoms with Crippen LogP contribution in [-0.4, -0.2) is 60.2 Å². The zero-order valence-corrected chi connectivity index (χ0v) is 16.9. The number of nitrogens with zero attached hydrogens (tertiary/aromatic N) is 5. The summed E-state index contributed by atoms with van der Waals surface area (Å²) < 4.78 is 2.58. The molecule has 1 aromatic heterocycles. The Bertz CT molecular complexity index is 975. The number of hydrogen-bond donors (Lipinski definition) is 0. The van der Waals surface area contributed by atoms with Crippen molar-refractivity contribution in [3.05, 3.63) is 56.7 Å². The minimum absolute atomic E-state index is 0.00465. The Hall–Kier alpha value is -3.03. The highest BCUT2D eigenvalue weighted by molar-refractivity contribution is 5.94. The summed E-state index contributed by atoms with van der Waals surface area (Å²) in [6.07, 6.45) is 0.769. The van der Waals surface area contributed by atoms with Crippen molar-refractivity contribution in [1.82, 2.24) is 14.0 Å². The van der Waals surface area contributed by atoms with Gasteiger partial charge in [0.15, 0.2) is 0 Å². The molecule has 2 heterocycles. The van der Waals surface area contributed by atoms with Crippen molar-refractivity contribution in [2.45, 2.75) is 6.42 Å². The van der Waals surface area contributed by atoms with Crippen molar-refractivity contribution in [2.24, 2.45) is 14.1 Å². The highest BCUT2D eigenvalue weighted by atomic mass is 16.2. The minimum atomic E-state index is -0.347. The van der Waals surface area contributed by atoms with Crippen LogP contribution < -0.4 is 21.0 Å². The van der Waals surface area contributed by atoms with E-state index in [0.717, 1.165) is 16.7 Å². The number of carbonyl (C=O) groups excluding carboxylic acids is 1. The summed E-state index contributed by atoms with van der Waals surface area (Å²) in [5, 5.41) is 0. The first-order valence-electron chi connectivity index (χ1n) is 9.38. The maximum atomic E-state index is 12.9. The lowest BCUT2D eigenvalue weighted by Crippen LogP contribution is -2.41. The topological polar surface area (TPSA) is 70.8 Å². The van der Waals surface area contributed by atoms with Crippen molar-refractivity contribution in [1.29, 1.82) is 0 Å². The third kappa shape index (κ3) is 3.81. The van der Waals surface area contributed by atoms with E-state index in [0.29, 0.717) is 37.6 Å². The molecule has 1 aromatic carbocycles. The zero-order chi connectivity index (χ0) is 20.4. The van der Waals surface area contributed by atoms with Gasteiger partial charge in [-0.1, -0.05) is 0 Å². The summed E-state index contributed by atoms with van der Waals surface area (Å²) in [5.41, 5.74) is 1.04. The van der Waals surface area contributed by atoms with Gasteiger partial charge in [0.1, 0.15) is 5.82 Å². The Labute approximate surface area is 164 Å². The molecule has 0 aliphatic carbocycles. The Morgan fingerprint density at radius 3 is 2.25 bits per heavy atom. The molecule has 2 aromatic rings. The van der Waals surface area contributed by atoms with Crippen LogP contribution in [0.5, 0.6) is 0 Å². The van der Waals surface area contributed by atoms with Gasteiger partial charge in [0.2, 0.25) is 0 Å². The molecule has 150 valence electrons. The fraction of sp³-hybridized carbons (Fsp3) is 0.450. The molecular formula is C20H27N5O3. The second-order valence-electron chi connectivity index (χ2n) is 7.32. The van der Waals surface area contributed by atoms with Gasteiger partial charge < -0.3 is 14.7 Å². The molecule has 0 unspecified atom stereocenters. The maximum Gasteiger partial charge on any atom is 0.332 e. The predicted molar refractivity (Wildman–Crippen MR) is 110 cm³/mol. The van der Waals surface area contributed by atoms with E-state index in [1.807, 2.05) is 53.1 Å². The van der Waals surface area contributed by atoms with Gasteiger partial charge in [-0.05, 0) is 30.7 Å². The summed E-state index contributed by atoms with van der Waals surface area (Å²) in [6.45, 7) is 2.44. The van der Waals surface area contributed by atoms with Gasteiger partial charge in [0.05, 0.1) is 0 Å². The first kappa shape index (κ1) is 19.7. The van der Waals surface area contributed by atoms with E-state index < -0.39 is 0 Å². The van der Waals surface area contributed by atoms with Gasteiger partial charge in [0, 0.05) is 71.7 Å². The summed E-state index contributed by atoms with van der Waals surface area (Å²) in [7, 11) is 7.06. The van der Waals surface area contributed by atoms with Crippen LogP contribution in [0, 0.1) is 0 Å². The summed E-state index contributed by atoms with van der Waals surface area (Å²) in [6, 6.07) is 9.06. The molecule has 8 nitrogen and oxygen atoms in total. The Kier molecular flexibility index (Phi) is 5.58. The summed E-state index contributed by atoms with van der Waals surface area (Å²) in [4.78, 5) is 42.9. The molecule has 0 N–H and O–H groups in total. The van der Waals surface area contributed by atoms with Crippen LogP contribution in [0.25, 0.3) is 0 Å². The zero-order valence-electron chi connectivity index (χ0n) is 16.9. The van der Waals surface area contributed by atoms with Crippen LogP contribution in [0.3, 0.4) is 0 Å². The van der Waals surface area contributed by atoms with Gasteiger partial charge >= 0.3 is 5.69 Å². The van der Waals surface area contributed by atoms with Gasteiger partial charge in [0.25, 0.3) is 11.5 Å². The lowest BCUT2D eigenvalue weighted by Gasteiger charge is -2.25. The molecule has 0 radical (unpaired) electrons. The second-order valence-corrected chi connectivity index (χ2v) is 7.32. The molecule has 28 heavy (non-hydrogen) atoms. The monoisotopic (exact) mass is 385 g/mol. The highest BCUT2D eigenvalue weighted by Crippen LogP contribution is 2.17. The third-order valence-corrected chi connectivity index (χ3v) is 5.24.